The predicted octanol–water partition coefficient (Wildman–Crippen LogP) is 2.44. The Morgan fingerprint density at radius 2 is 2.00 bits per heavy atom. The molecular weight excluding hydrogens is 214 g/mol. The number of amides is 1. The van der Waals surface area contributed by atoms with E-state index in [1.165, 1.54) is 0 Å². The van der Waals surface area contributed by atoms with Crippen LogP contribution >= 0.6 is 0 Å². The third kappa shape index (κ3) is 3.08. The fourth-order valence-electron chi connectivity index (χ4n) is 1.49. The SMILES string of the molecule is Cc1n[nH]c(C)c1C(=O)NCC(C)(C)C(C)C. The topological polar surface area (TPSA) is 57.8 Å². The van der Waals surface area contributed by atoms with E-state index in [-0.39, 0.29) is 11.3 Å². The minimum atomic E-state index is -0.0394. The van der Waals surface area contributed by atoms with Crippen LogP contribution in [0.2, 0.25) is 0 Å². The van der Waals surface area contributed by atoms with Crippen molar-refractivity contribution in [1.29, 1.82) is 0 Å². The Hall–Kier alpha value is -1.32. The highest BCUT2D eigenvalue weighted by Crippen LogP contribution is 2.24. The van der Waals surface area contributed by atoms with Crippen LogP contribution in [0.25, 0.3) is 0 Å². The molecule has 0 fully saturated rings. The average Bonchev–Trinajstić information content (AvgIpc) is 2.55. The van der Waals surface area contributed by atoms with Gasteiger partial charge in [-0.1, -0.05) is 27.7 Å². The first-order valence-electron chi connectivity index (χ1n) is 6.05. The third-order valence-corrected chi connectivity index (χ3v) is 3.62. The van der Waals surface area contributed by atoms with E-state index >= 15 is 0 Å². The molecule has 0 bridgehead atoms. The summed E-state index contributed by atoms with van der Waals surface area (Å²) in [5, 5.41) is 9.85. The van der Waals surface area contributed by atoms with Gasteiger partial charge in [0.25, 0.3) is 5.91 Å². The van der Waals surface area contributed by atoms with Crippen LogP contribution in [-0.2, 0) is 0 Å². The minimum Gasteiger partial charge on any atom is -0.351 e. The van der Waals surface area contributed by atoms with Crippen LogP contribution in [0.15, 0.2) is 0 Å². The van der Waals surface area contributed by atoms with Crippen molar-refractivity contribution in [2.24, 2.45) is 11.3 Å². The summed E-state index contributed by atoms with van der Waals surface area (Å²) in [6, 6.07) is 0. The molecule has 1 amide bonds. The summed E-state index contributed by atoms with van der Waals surface area (Å²) >= 11 is 0. The average molecular weight is 237 g/mol. The molecule has 1 aromatic heterocycles. The molecule has 1 aromatic rings. The van der Waals surface area contributed by atoms with E-state index in [1.807, 2.05) is 13.8 Å². The molecule has 0 aromatic carbocycles. The standard InChI is InChI=1S/C13H23N3O/c1-8(2)13(5,6)7-14-12(17)11-9(3)15-16-10(11)4/h8H,7H2,1-6H3,(H,14,17)(H,15,16). The quantitative estimate of drug-likeness (QED) is 0.845. The molecule has 0 saturated carbocycles. The van der Waals surface area contributed by atoms with Gasteiger partial charge in [0.15, 0.2) is 0 Å². The Kier molecular flexibility index (Phi) is 3.96. The number of hydrogen-bond acceptors (Lipinski definition) is 2. The van der Waals surface area contributed by atoms with Crippen molar-refractivity contribution in [2.75, 3.05) is 6.54 Å². The molecule has 4 nitrogen and oxygen atoms in total. The largest absolute Gasteiger partial charge is 0.351 e. The Morgan fingerprint density at radius 3 is 2.41 bits per heavy atom. The number of aromatic amines is 1. The number of rotatable bonds is 4. The van der Waals surface area contributed by atoms with Gasteiger partial charge in [0, 0.05) is 12.2 Å². The molecule has 0 aliphatic rings. The second-order valence-corrected chi connectivity index (χ2v) is 5.63. The maximum atomic E-state index is 12.0. The first-order valence-corrected chi connectivity index (χ1v) is 6.05. The van der Waals surface area contributed by atoms with Crippen LogP contribution in [0.1, 0.15) is 49.4 Å². The fourth-order valence-corrected chi connectivity index (χ4v) is 1.49. The maximum absolute atomic E-state index is 12.0. The number of nitrogens with zero attached hydrogens (tertiary/aromatic N) is 1. The maximum Gasteiger partial charge on any atom is 0.255 e. The molecule has 1 heterocycles. The molecule has 96 valence electrons. The van der Waals surface area contributed by atoms with Gasteiger partial charge in [-0.25, -0.2) is 0 Å². The summed E-state index contributed by atoms with van der Waals surface area (Å²) in [6.45, 7) is 13.0. The Labute approximate surface area is 103 Å². The summed E-state index contributed by atoms with van der Waals surface area (Å²) < 4.78 is 0. The molecule has 2 N–H and O–H groups in total. The summed E-state index contributed by atoms with van der Waals surface area (Å²) in [7, 11) is 0. The van der Waals surface area contributed by atoms with Crippen LogP contribution in [0.5, 0.6) is 0 Å². The van der Waals surface area contributed by atoms with E-state index in [4.69, 9.17) is 0 Å². The van der Waals surface area contributed by atoms with Gasteiger partial charge in [0.05, 0.1) is 11.3 Å². The molecule has 1 rings (SSSR count). The van der Waals surface area contributed by atoms with Crippen molar-refractivity contribution in [3.8, 4) is 0 Å². The summed E-state index contributed by atoms with van der Waals surface area (Å²) in [4.78, 5) is 12.0. The molecule has 0 aliphatic heterocycles. The van der Waals surface area contributed by atoms with Gasteiger partial charge >= 0.3 is 0 Å². The predicted molar refractivity (Wildman–Crippen MR) is 69.0 cm³/mol. The van der Waals surface area contributed by atoms with Gasteiger partial charge in [0.2, 0.25) is 0 Å². The van der Waals surface area contributed by atoms with Crippen LogP contribution < -0.4 is 5.32 Å². The fraction of sp³-hybridized carbons (Fsp3) is 0.692. The highest BCUT2D eigenvalue weighted by atomic mass is 16.1. The van der Waals surface area contributed by atoms with Crippen molar-refractivity contribution >= 4 is 5.91 Å². The second-order valence-electron chi connectivity index (χ2n) is 5.63. The molecule has 0 aliphatic carbocycles. The molecule has 4 heteroatoms. The number of nitrogens with one attached hydrogen (secondary N) is 2. The monoisotopic (exact) mass is 237 g/mol. The highest BCUT2D eigenvalue weighted by Gasteiger charge is 2.24. The molecule has 0 unspecified atom stereocenters. The molecule has 0 spiro atoms. The number of carbonyl (C=O) groups excluding carboxylic acids is 1. The lowest BCUT2D eigenvalue weighted by atomic mass is 9.81. The van der Waals surface area contributed by atoms with E-state index in [0.29, 0.717) is 18.0 Å². The number of hydrogen-bond donors (Lipinski definition) is 2. The number of aryl methyl sites for hydroxylation is 2. The third-order valence-electron chi connectivity index (χ3n) is 3.62. The smallest absolute Gasteiger partial charge is 0.255 e. The van der Waals surface area contributed by atoms with Crippen molar-refractivity contribution in [3.05, 3.63) is 17.0 Å². The Morgan fingerprint density at radius 1 is 1.41 bits per heavy atom. The summed E-state index contributed by atoms with van der Waals surface area (Å²) in [5.74, 6) is 0.483. The second kappa shape index (κ2) is 4.90. The molecule has 0 radical (unpaired) electrons. The summed E-state index contributed by atoms with van der Waals surface area (Å²) in [5.41, 5.74) is 2.34. The first-order chi connectivity index (χ1) is 7.75. The van der Waals surface area contributed by atoms with Gasteiger partial charge in [-0.2, -0.15) is 5.10 Å². The lowest BCUT2D eigenvalue weighted by Gasteiger charge is -2.29. The normalized spacial score (nSPS) is 11.9. The zero-order valence-corrected chi connectivity index (χ0v) is 11.6. The van der Waals surface area contributed by atoms with Crippen LogP contribution in [0, 0.1) is 25.2 Å². The van der Waals surface area contributed by atoms with Crippen LogP contribution in [-0.4, -0.2) is 22.6 Å². The lowest BCUT2D eigenvalue weighted by molar-refractivity contribution is 0.0923. The minimum absolute atomic E-state index is 0.0394. The van der Waals surface area contributed by atoms with Crippen molar-refractivity contribution < 1.29 is 4.79 Å². The van der Waals surface area contributed by atoms with Gasteiger partial charge in [-0.15, -0.1) is 0 Å². The number of aromatic nitrogens is 2. The van der Waals surface area contributed by atoms with Crippen molar-refractivity contribution in [1.82, 2.24) is 15.5 Å². The van der Waals surface area contributed by atoms with E-state index in [9.17, 15) is 4.79 Å². The van der Waals surface area contributed by atoms with Crippen LogP contribution in [0.4, 0.5) is 0 Å². The zero-order chi connectivity index (χ0) is 13.2. The Bertz CT molecular complexity index is 385. The van der Waals surface area contributed by atoms with Crippen molar-refractivity contribution in [2.45, 2.75) is 41.5 Å². The molecule has 0 atom stereocenters. The van der Waals surface area contributed by atoms with Gasteiger partial charge < -0.3 is 5.32 Å². The molecule has 0 saturated heterocycles. The lowest BCUT2D eigenvalue weighted by Crippen LogP contribution is -2.37. The zero-order valence-electron chi connectivity index (χ0n) is 11.6. The van der Waals surface area contributed by atoms with Crippen molar-refractivity contribution in [3.63, 3.8) is 0 Å². The Balaban J connectivity index is 2.69. The van der Waals surface area contributed by atoms with E-state index in [0.717, 1.165) is 11.4 Å². The van der Waals surface area contributed by atoms with Gasteiger partial charge in [-0.05, 0) is 25.2 Å². The summed E-state index contributed by atoms with van der Waals surface area (Å²) in [6.07, 6.45) is 0. The highest BCUT2D eigenvalue weighted by molar-refractivity contribution is 5.96. The van der Waals surface area contributed by atoms with E-state index in [2.05, 4.69) is 43.2 Å². The van der Waals surface area contributed by atoms with Gasteiger partial charge in [-0.3, -0.25) is 9.89 Å². The van der Waals surface area contributed by atoms with E-state index in [1.54, 1.807) is 0 Å². The number of carbonyl (C=O) groups is 1. The van der Waals surface area contributed by atoms with E-state index < -0.39 is 0 Å². The first kappa shape index (κ1) is 13.7. The molecule has 17 heavy (non-hydrogen) atoms. The molecular formula is C13H23N3O. The van der Waals surface area contributed by atoms with Gasteiger partial charge in [0.1, 0.15) is 0 Å². The van der Waals surface area contributed by atoms with Crippen LogP contribution in [0.3, 0.4) is 0 Å². The number of H-pyrrole nitrogens is 1.